The Labute approximate surface area is 42.2 Å². The van der Waals surface area contributed by atoms with Crippen LogP contribution in [0.4, 0.5) is 0 Å². The molecule has 0 aliphatic heterocycles. The molecule has 0 spiro atoms. The molecule has 0 aromatic carbocycles. The molecular weight excluding hydrogens is 88.1 g/mol. The number of rotatable bonds is 0. The van der Waals surface area contributed by atoms with E-state index in [1.54, 1.807) is 0 Å². The topological polar surface area (TPSA) is 28.1 Å². The molecule has 2 heteroatoms. The van der Waals surface area contributed by atoms with Gasteiger partial charge < -0.3 is 0 Å². The Morgan fingerprint density at radius 2 is 2.29 bits per heavy atom. The fraction of sp³-hybridized carbons (Fsp3) is 0.600. The Morgan fingerprint density at radius 3 is 2.29 bits per heavy atom. The predicted octanol–water partition coefficient (Wildman–Crippen LogP) is 0.962. The van der Waals surface area contributed by atoms with Crippen molar-refractivity contribution in [2.24, 2.45) is 0 Å². The molecule has 1 saturated carbocycles. The highest BCUT2D eigenvalue weighted by Crippen LogP contribution is 2.38. The Kier molecular flexibility index (Phi) is 0.580. The molecule has 0 N–H and O–H groups in total. The van der Waals surface area contributed by atoms with Gasteiger partial charge in [0, 0.05) is 12.8 Å². The largest absolute Gasteiger partial charge is 0.316 e. The van der Waals surface area contributed by atoms with Crippen LogP contribution in [0.1, 0.15) is 12.8 Å². The number of nitriles is 1. The maximum Gasteiger partial charge on any atom is 0.316 e. The SMILES string of the molecule is [C-]#[N+]C1(C#N)CC1. The predicted molar refractivity (Wildman–Crippen MR) is 24.2 cm³/mol. The fourth-order valence-corrected chi connectivity index (χ4v) is 0.367. The summed E-state index contributed by atoms with van der Waals surface area (Å²) in [6, 6.07) is 1.95. The lowest BCUT2D eigenvalue weighted by atomic mass is 10.3. The molecule has 0 aromatic rings. The van der Waals surface area contributed by atoms with Gasteiger partial charge in [-0.3, -0.25) is 4.85 Å². The summed E-state index contributed by atoms with van der Waals surface area (Å²) in [5, 5.41) is 8.19. The van der Waals surface area contributed by atoms with E-state index in [9.17, 15) is 0 Å². The second-order valence-corrected chi connectivity index (χ2v) is 1.76. The van der Waals surface area contributed by atoms with Crippen molar-refractivity contribution >= 4 is 0 Å². The minimum absolute atomic E-state index is 0.569. The molecule has 1 fully saturated rings. The van der Waals surface area contributed by atoms with Gasteiger partial charge in [0.2, 0.25) is 0 Å². The van der Waals surface area contributed by atoms with Crippen LogP contribution in [0.2, 0.25) is 0 Å². The average molecular weight is 92.1 g/mol. The molecule has 1 aliphatic carbocycles. The third-order valence-electron chi connectivity index (χ3n) is 1.15. The third-order valence-corrected chi connectivity index (χ3v) is 1.15. The molecule has 7 heavy (non-hydrogen) atoms. The van der Waals surface area contributed by atoms with E-state index in [2.05, 4.69) is 4.85 Å². The highest BCUT2D eigenvalue weighted by Gasteiger charge is 2.51. The van der Waals surface area contributed by atoms with Crippen molar-refractivity contribution in [3.63, 3.8) is 0 Å². The molecule has 0 bridgehead atoms. The van der Waals surface area contributed by atoms with Crippen LogP contribution in [-0.2, 0) is 0 Å². The van der Waals surface area contributed by atoms with Crippen molar-refractivity contribution in [3.05, 3.63) is 11.4 Å². The normalized spacial score (nSPS) is 22.0. The van der Waals surface area contributed by atoms with Gasteiger partial charge in [-0.1, -0.05) is 0 Å². The molecule has 0 radical (unpaired) electrons. The van der Waals surface area contributed by atoms with Crippen LogP contribution in [0.5, 0.6) is 0 Å². The first kappa shape index (κ1) is 4.15. The van der Waals surface area contributed by atoms with E-state index in [1.807, 2.05) is 6.07 Å². The Balaban J connectivity index is 2.70. The summed E-state index contributed by atoms with van der Waals surface area (Å²) in [5.74, 6) is 0. The monoisotopic (exact) mass is 92.0 g/mol. The molecule has 0 unspecified atom stereocenters. The molecule has 0 amide bonds. The maximum atomic E-state index is 8.19. The zero-order valence-electron chi connectivity index (χ0n) is 3.81. The van der Waals surface area contributed by atoms with Crippen molar-refractivity contribution < 1.29 is 0 Å². The zero-order valence-corrected chi connectivity index (χ0v) is 3.81. The molecule has 0 aromatic heterocycles. The maximum absolute atomic E-state index is 8.19. The summed E-state index contributed by atoms with van der Waals surface area (Å²) in [6.45, 7) is 6.47. The first-order chi connectivity index (χ1) is 3.33. The molecule has 0 saturated heterocycles. The Morgan fingerprint density at radius 1 is 1.71 bits per heavy atom. The lowest BCUT2D eigenvalue weighted by Crippen LogP contribution is -1.92. The van der Waals surface area contributed by atoms with Crippen molar-refractivity contribution in [2.45, 2.75) is 18.4 Å². The van der Waals surface area contributed by atoms with Gasteiger partial charge in [0.15, 0.2) is 6.07 Å². The molecule has 2 nitrogen and oxygen atoms in total. The van der Waals surface area contributed by atoms with Gasteiger partial charge >= 0.3 is 5.54 Å². The van der Waals surface area contributed by atoms with E-state index in [0.717, 1.165) is 12.8 Å². The standard InChI is InChI=1S/C5H4N2/c1-7-5(4-6)2-3-5/h2-3H2. The molecule has 34 valence electrons. The van der Waals surface area contributed by atoms with Crippen LogP contribution < -0.4 is 0 Å². The summed E-state index contributed by atoms with van der Waals surface area (Å²) >= 11 is 0. The van der Waals surface area contributed by atoms with Crippen molar-refractivity contribution in [1.29, 1.82) is 5.26 Å². The number of hydrogen-bond donors (Lipinski definition) is 0. The lowest BCUT2D eigenvalue weighted by Gasteiger charge is -1.77. The van der Waals surface area contributed by atoms with E-state index < -0.39 is 5.54 Å². The van der Waals surface area contributed by atoms with Gasteiger partial charge in [-0.2, -0.15) is 5.26 Å². The van der Waals surface area contributed by atoms with E-state index in [0.29, 0.717) is 0 Å². The minimum Gasteiger partial charge on any atom is -0.294 e. The van der Waals surface area contributed by atoms with Crippen LogP contribution in [0.25, 0.3) is 4.85 Å². The Bertz CT molecular complexity index is 138. The van der Waals surface area contributed by atoms with E-state index >= 15 is 0 Å². The molecular formula is C5H4N2. The summed E-state index contributed by atoms with van der Waals surface area (Å²) in [4.78, 5) is 3.14. The second-order valence-electron chi connectivity index (χ2n) is 1.76. The summed E-state index contributed by atoms with van der Waals surface area (Å²) < 4.78 is 0. The molecule has 1 rings (SSSR count). The molecule has 0 heterocycles. The van der Waals surface area contributed by atoms with Gasteiger partial charge in [-0.05, 0) is 0 Å². The van der Waals surface area contributed by atoms with E-state index in [4.69, 9.17) is 11.8 Å². The van der Waals surface area contributed by atoms with Crippen LogP contribution in [-0.4, -0.2) is 5.54 Å². The lowest BCUT2D eigenvalue weighted by molar-refractivity contribution is 1.04. The van der Waals surface area contributed by atoms with E-state index in [1.165, 1.54) is 0 Å². The third kappa shape index (κ3) is 0.444. The van der Waals surface area contributed by atoms with Crippen LogP contribution >= 0.6 is 0 Å². The first-order valence-electron chi connectivity index (χ1n) is 2.13. The summed E-state index contributed by atoms with van der Waals surface area (Å²) in [5.41, 5.74) is -0.569. The average Bonchev–Trinajstić information content (AvgIpc) is 2.46. The van der Waals surface area contributed by atoms with Crippen molar-refractivity contribution in [2.75, 3.05) is 0 Å². The van der Waals surface area contributed by atoms with Crippen molar-refractivity contribution in [1.82, 2.24) is 0 Å². The van der Waals surface area contributed by atoms with Gasteiger partial charge in [-0.25, -0.2) is 6.57 Å². The van der Waals surface area contributed by atoms with Crippen molar-refractivity contribution in [3.8, 4) is 6.07 Å². The second kappa shape index (κ2) is 0.978. The number of hydrogen-bond acceptors (Lipinski definition) is 1. The van der Waals surface area contributed by atoms with Gasteiger partial charge in [-0.15, -0.1) is 0 Å². The highest BCUT2D eigenvalue weighted by atomic mass is 14.9. The summed E-state index contributed by atoms with van der Waals surface area (Å²) in [7, 11) is 0. The van der Waals surface area contributed by atoms with Gasteiger partial charge in [0.05, 0.1) is 0 Å². The first-order valence-corrected chi connectivity index (χ1v) is 2.13. The Hall–Kier alpha value is -1.02. The number of nitrogens with zero attached hydrogens (tertiary/aromatic N) is 2. The zero-order chi connectivity index (χ0) is 5.33. The molecule has 1 aliphatic rings. The van der Waals surface area contributed by atoms with Crippen LogP contribution in [0.3, 0.4) is 0 Å². The summed E-state index contributed by atoms with van der Waals surface area (Å²) in [6.07, 6.45) is 1.57. The van der Waals surface area contributed by atoms with Gasteiger partial charge in [0.1, 0.15) is 0 Å². The fourth-order valence-electron chi connectivity index (χ4n) is 0.367. The quantitative estimate of drug-likeness (QED) is 0.409. The molecule has 0 atom stereocenters. The smallest absolute Gasteiger partial charge is 0.294 e. The highest BCUT2D eigenvalue weighted by molar-refractivity contribution is 5.25. The van der Waals surface area contributed by atoms with Crippen LogP contribution in [0.15, 0.2) is 0 Å². The van der Waals surface area contributed by atoms with E-state index in [-0.39, 0.29) is 0 Å². The van der Waals surface area contributed by atoms with Crippen LogP contribution in [0, 0.1) is 17.9 Å². The van der Waals surface area contributed by atoms with Gasteiger partial charge in [0.25, 0.3) is 0 Å². The minimum atomic E-state index is -0.569.